The Morgan fingerprint density at radius 1 is 0.795 bits per heavy atom. The lowest BCUT2D eigenvalue weighted by molar-refractivity contribution is -0.305. The van der Waals surface area contributed by atoms with Crippen LogP contribution in [0.1, 0.15) is 90.9 Å². The van der Waals surface area contributed by atoms with Crippen molar-refractivity contribution < 1.29 is 49.0 Å². The summed E-state index contributed by atoms with van der Waals surface area (Å²) in [5.74, 6) is -0.891. The fourth-order valence-corrected chi connectivity index (χ4v) is 3.97. The van der Waals surface area contributed by atoms with Gasteiger partial charge in [-0.25, -0.2) is 0 Å². The predicted molar refractivity (Wildman–Crippen MR) is 146 cm³/mol. The minimum Gasteiger partial charge on any atom is -0.462 e. The molecule has 0 bridgehead atoms. The highest BCUT2D eigenvalue weighted by atomic mass is 16.7. The molecule has 0 radical (unpaired) electrons. The predicted octanol–water partition coefficient (Wildman–Crippen LogP) is 3.09. The SMILES string of the molecule is CCC/C=C\C/C=C\CCCCCCCC(=O)OC(COC(=O)CCC)COC1OC(CO)C(O)C(O)C1O. The van der Waals surface area contributed by atoms with E-state index in [1.807, 2.05) is 6.92 Å². The number of aliphatic hydroxyl groups is 4. The maximum atomic E-state index is 12.4. The van der Waals surface area contributed by atoms with Gasteiger partial charge in [0.2, 0.25) is 0 Å². The number of rotatable bonds is 21. The summed E-state index contributed by atoms with van der Waals surface area (Å²) in [5.41, 5.74) is 0. The molecule has 6 unspecified atom stereocenters. The molecule has 6 atom stereocenters. The minimum atomic E-state index is -1.59. The molecule has 0 aromatic rings. The Bertz CT molecular complexity index is 708. The third-order valence-electron chi connectivity index (χ3n) is 6.29. The Labute approximate surface area is 233 Å². The number of allylic oxidation sites excluding steroid dienone is 4. The molecule has 226 valence electrons. The molecule has 0 aromatic heterocycles. The van der Waals surface area contributed by atoms with Gasteiger partial charge in [0.25, 0.3) is 0 Å². The van der Waals surface area contributed by atoms with E-state index < -0.39 is 55.4 Å². The van der Waals surface area contributed by atoms with Gasteiger partial charge in [0.05, 0.1) is 13.2 Å². The number of unbranched alkanes of at least 4 members (excludes halogenated alkanes) is 6. The van der Waals surface area contributed by atoms with Crippen LogP contribution in [0, 0.1) is 0 Å². The van der Waals surface area contributed by atoms with Gasteiger partial charge < -0.3 is 39.4 Å². The van der Waals surface area contributed by atoms with E-state index >= 15 is 0 Å². The first kappa shape index (κ1) is 35.2. The number of aliphatic hydroxyl groups excluding tert-OH is 4. The topological polar surface area (TPSA) is 152 Å². The summed E-state index contributed by atoms with van der Waals surface area (Å²) in [5, 5.41) is 39.3. The number of hydrogen-bond donors (Lipinski definition) is 4. The first-order chi connectivity index (χ1) is 18.8. The molecule has 1 aliphatic heterocycles. The lowest BCUT2D eigenvalue weighted by Crippen LogP contribution is -2.59. The highest BCUT2D eigenvalue weighted by molar-refractivity contribution is 5.70. The van der Waals surface area contributed by atoms with Crippen molar-refractivity contribution in [2.24, 2.45) is 0 Å². The van der Waals surface area contributed by atoms with Crippen molar-refractivity contribution in [1.82, 2.24) is 0 Å². The quantitative estimate of drug-likeness (QED) is 0.0939. The average molecular weight is 559 g/mol. The van der Waals surface area contributed by atoms with Crippen molar-refractivity contribution in [3.8, 4) is 0 Å². The summed E-state index contributed by atoms with van der Waals surface area (Å²) in [6, 6.07) is 0. The van der Waals surface area contributed by atoms with E-state index in [1.165, 1.54) is 6.42 Å². The first-order valence-corrected chi connectivity index (χ1v) is 14.4. The van der Waals surface area contributed by atoms with Crippen LogP contribution in [-0.2, 0) is 28.5 Å². The van der Waals surface area contributed by atoms with Crippen LogP contribution in [0.2, 0.25) is 0 Å². The Kier molecular flexibility index (Phi) is 19.8. The van der Waals surface area contributed by atoms with E-state index in [4.69, 9.17) is 18.9 Å². The lowest BCUT2D eigenvalue weighted by atomic mass is 9.99. The van der Waals surface area contributed by atoms with Crippen LogP contribution in [0.3, 0.4) is 0 Å². The Morgan fingerprint density at radius 3 is 2.18 bits per heavy atom. The molecule has 10 nitrogen and oxygen atoms in total. The van der Waals surface area contributed by atoms with E-state index in [1.54, 1.807) is 0 Å². The molecule has 0 saturated carbocycles. The van der Waals surface area contributed by atoms with Crippen molar-refractivity contribution in [2.75, 3.05) is 19.8 Å². The van der Waals surface area contributed by atoms with Gasteiger partial charge in [-0.3, -0.25) is 9.59 Å². The van der Waals surface area contributed by atoms with Gasteiger partial charge in [0.1, 0.15) is 31.0 Å². The standard InChI is InChI=1S/C29H50O10/c1-3-5-6-7-8-9-10-11-12-13-14-15-16-18-25(32)38-22(20-36-24(31)17-4-2)21-37-29-28(35)27(34)26(33)23(19-30)39-29/h6-7,9-10,22-23,26-30,33-35H,3-5,8,11-21H2,1-2H3/b7-6-,10-9-. The smallest absolute Gasteiger partial charge is 0.306 e. The summed E-state index contributed by atoms with van der Waals surface area (Å²) in [4.78, 5) is 24.2. The van der Waals surface area contributed by atoms with Crippen LogP contribution in [0.5, 0.6) is 0 Å². The lowest BCUT2D eigenvalue weighted by Gasteiger charge is -2.39. The number of hydrogen-bond acceptors (Lipinski definition) is 10. The summed E-state index contributed by atoms with van der Waals surface area (Å²) in [7, 11) is 0. The number of ether oxygens (including phenoxy) is 4. The molecular formula is C29H50O10. The first-order valence-electron chi connectivity index (χ1n) is 14.4. The van der Waals surface area contributed by atoms with Gasteiger partial charge >= 0.3 is 11.9 Å². The van der Waals surface area contributed by atoms with E-state index in [2.05, 4.69) is 31.2 Å². The summed E-state index contributed by atoms with van der Waals surface area (Å²) in [6.45, 7) is 2.90. The van der Waals surface area contributed by atoms with E-state index in [-0.39, 0.29) is 26.1 Å². The van der Waals surface area contributed by atoms with Gasteiger partial charge in [-0.15, -0.1) is 0 Å². The molecule has 10 heteroatoms. The Morgan fingerprint density at radius 2 is 1.49 bits per heavy atom. The van der Waals surface area contributed by atoms with Crippen LogP contribution in [0.4, 0.5) is 0 Å². The normalized spacial score (nSPS) is 24.3. The fraction of sp³-hybridized carbons (Fsp3) is 0.793. The zero-order valence-corrected chi connectivity index (χ0v) is 23.6. The summed E-state index contributed by atoms with van der Waals surface area (Å²) >= 11 is 0. The second-order valence-corrected chi connectivity index (χ2v) is 9.85. The van der Waals surface area contributed by atoms with Gasteiger partial charge in [0.15, 0.2) is 12.4 Å². The van der Waals surface area contributed by atoms with Gasteiger partial charge in [-0.1, -0.05) is 63.8 Å². The zero-order valence-electron chi connectivity index (χ0n) is 23.6. The maximum absolute atomic E-state index is 12.4. The monoisotopic (exact) mass is 558 g/mol. The van der Waals surface area contributed by atoms with Crippen molar-refractivity contribution in [3.63, 3.8) is 0 Å². The highest BCUT2D eigenvalue weighted by Crippen LogP contribution is 2.22. The molecule has 0 aliphatic carbocycles. The Balaban J connectivity index is 2.38. The molecular weight excluding hydrogens is 508 g/mol. The highest BCUT2D eigenvalue weighted by Gasteiger charge is 2.44. The molecule has 1 aliphatic rings. The minimum absolute atomic E-state index is 0.212. The van der Waals surface area contributed by atoms with Gasteiger partial charge in [0, 0.05) is 12.8 Å². The Hall–Kier alpha value is -1.82. The summed E-state index contributed by atoms with van der Waals surface area (Å²) < 4.78 is 21.4. The van der Waals surface area contributed by atoms with E-state index in [9.17, 15) is 30.0 Å². The van der Waals surface area contributed by atoms with E-state index in [0.717, 1.165) is 44.9 Å². The fourth-order valence-electron chi connectivity index (χ4n) is 3.97. The second kappa shape index (κ2) is 21.9. The van der Waals surface area contributed by atoms with Gasteiger partial charge in [-0.2, -0.15) is 0 Å². The average Bonchev–Trinajstić information content (AvgIpc) is 2.92. The van der Waals surface area contributed by atoms with Crippen molar-refractivity contribution in [2.45, 2.75) is 128 Å². The molecule has 4 N–H and O–H groups in total. The molecule has 0 amide bonds. The van der Waals surface area contributed by atoms with Gasteiger partial charge in [-0.05, 0) is 38.5 Å². The maximum Gasteiger partial charge on any atom is 0.306 e. The molecule has 1 fully saturated rings. The molecule has 0 aromatic carbocycles. The second-order valence-electron chi connectivity index (χ2n) is 9.85. The zero-order chi connectivity index (χ0) is 28.9. The largest absolute Gasteiger partial charge is 0.462 e. The van der Waals surface area contributed by atoms with Crippen LogP contribution in [0.15, 0.2) is 24.3 Å². The third kappa shape index (κ3) is 15.5. The molecule has 1 rings (SSSR count). The molecule has 0 spiro atoms. The van der Waals surface area contributed by atoms with Crippen molar-refractivity contribution in [1.29, 1.82) is 0 Å². The van der Waals surface area contributed by atoms with Crippen molar-refractivity contribution >= 4 is 11.9 Å². The van der Waals surface area contributed by atoms with E-state index in [0.29, 0.717) is 12.8 Å². The van der Waals surface area contributed by atoms with Crippen molar-refractivity contribution in [3.05, 3.63) is 24.3 Å². The summed E-state index contributed by atoms with van der Waals surface area (Å²) in [6.07, 6.45) is 10.9. The molecule has 1 heterocycles. The third-order valence-corrected chi connectivity index (χ3v) is 6.29. The van der Waals surface area contributed by atoms with Crippen LogP contribution in [-0.4, -0.2) is 89.0 Å². The molecule has 39 heavy (non-hydrogen) atoms. The number of esters is 2. The van der Waals surface area contributed by atoms with Crippen LogP contribution in [0.25, 0.3) is 0 Å². The van der Waals surface area contributed by atoms with Crippen LogP contribution >= 0.6 is 0 Å². The number of carbonyl (C=O) groups excluding carboxylic acids is 2. The number of carbonyl (C=O) groups is 2. The molecule has 1 saturated heterocycles. The van der Waals surface area contributed by atoms with Crippen LogP contribution < -0.4 is 0 Å².